The van der Waals surface area contributed by atoms with Gasteiger partial charge in [0.1, 0.15) is 11.1 Å². The van der Waals surface area contributed by atoms with Gasteiger partial charge in [-0.25, -0.2) is 4.79 Å². The van der Waals surface area contributed by atoms with Gasteiger partial charge in [0.25, 0.3) is 0 Å². The summed E-state index contributed by atoms with van der Waals surface area (Å²) < 4.78 is 7.49. The van der Waals surface area contributed by atoms with Crippen LogP contribution in [0.4, 0.5) is 5.82 Å². The molecule has 0 unspecified atom stereocenters. The predicted molar refractivity (Wildman–Crippen MR) is 96.4 cm³/mol. The molecule has 24 heavy (non-hydrogen) atoms. The molecule has 0 bridgehead atoms. The topological polar surface area (TPSA) is 60.1 Å². The van der Waals surface area contributed by atoms with Crippen LogP contribution in [0.3, 0.4) is 0 Å². The predicted octanol–water partition coefficient (Wildman–Crippen LogP) is 4.14. The van der Waals surface area contributed by atoms with Crippen molar-refractivity contribution < 1.29 is 4.42 Å². The number of benzene rings is 2. The second-order valence-corrected chi connectivity index (χ2v) is 6.02. The van der Waals surface area contributed by atoms with Gasteiger partial charge < -0.3 is 9.73 Å². The Kier molecular flexibility index (Phi) is 3.32. The van der Waals surface area contributed by atoms with Crippen LogP contribution in [0, 0.1) is 6.92 Å². The van der Waals surface area contributed by atoms with Crippen molar-refractivity contribution in [1.82, 2.24) is 9.55 Å². The van der Waals surface area contributed by atoms with Crippen molar-refractivity contribution in [3.8, 4) is 5.69 Å². The highest BCUT2D eigenvalue weighted by atomic mass is 35.5. The van der Waals surface area contributed by atoms with Crippen molar-refractivity contribution in [2.24, 2.45) is 0 Å². The molecule has 0 amide bonds. The van der Waals surface area contributed by atoms with Gasteiger partial charge in [0.2, 0.25) is 0 Å². The summed E-state index contributed by atoms with van der Waals surface area (Å²) in [5.41, 5.74) is 3.25. The number of hydrogen-bond acceptors (Lipinski definition) is 4. The van der Waals surface area contributed by atoms with Gasteiger partial charge in [-0.05, 0) is 42.8 Å². The molecule has 0 saturated heterocycles. The van der Waals surface area contributed by atoms with Crippen molar-refractivity contribution in [2.45, 2.75) is 6.92 Å². The number of nitrogens with zero attached hydrogens (tertiary/aromatic N) is 2. The minimum atomic E-state index is -0.375. The number of anilines is 1. The Labute approximate surface area is 142 Å². The van der Waals surface area contributed by atoms with Gasteiger partial charge in [0.05, 0.1) is 5.69 Å². The number of aromatic nitrogens is 2. The maximum atomic E-state index is 12.7. The highest BCUT2D eigenvalue weighted by Crippen LogP contribution is 2.34. The first-order chi connectivity index (χ1) is 11.6. The summed E-state index contributed by atoms with van der Waals surface area (Å²) in [5.74, 6) is 0.409. The van der Waals surface area contributed by atoms with Gasteiger partial charge in [-0.1, -0.05) is 23.7 Å². The first-order valence-electron chi connectivity index (χ1n) is 7.48. The molecule has 2 aromatic carbocycles. The van der Waals surface area contributed by atoms with Crippen molar-refractivity contribution >= 4 is 39.5 Å². The Hall–Kier alpha value is -2.79. The Morgan fingerprint density at radius 2 is 2.04 bits per heavy atom. The van der Waals surface area contributed by atoms with Crippen LogP contribution in [0.1, 0.15) is 5.56 Å². The van der Waals surface area contributed by atoms with Gasteiger partial charge in [-0.2, -0.15) is 4.98 Å². The maximum absolute atomic E-state index is 12.7. The monoisotopic (exact) mass is 339 g/mol. The van der Waals surface area contributed by atoms with Crippen LogP contribution < -0.4 is 11.0 Å². The average Bonchev–Trinajstić information content (AvgIpc) is 2.92. The van der Waals surface area contributed by atoms with Crippen molar-refractivity contribution in [1.29, 1.82) is 0 Å². The molecular formula is C18H14ClN3O2. The molecule has 4 rings (SSSR count). The first kappa shape index (κ1) is 14.8. The van der Waals surface area contributed by atoms with E-state index in [0.717, 1.165) is 16.6 Å². The minimum Gasteiger partial charge on any atom is -0.450 e. The molecule has 0 aliphatic rings. The maximum Gasteiger partial charge on any atom is 0.354 e. The molecule has 0 atom stereocenters. The van der Waals surface area contributed by atoms with E-state index < -0.39 is 0 Å². The quantitative estimate of drug-likeness (QED) is 0.596. The lowest BCUT2D eigenvalue weighted by atomic mass is 10.2. The van der Waals surface area contributed by atoms with Gasteiger partial charge in [-0.15, -0.1) is 0 Å². The molecule has 0 fully saturated rings. The minimum absolute atomic E-state index is 0.375. The van der Waals surface area contributed by atoms with Crippen LogP contribution in [-0.2, 0) is 0 Å². The zero-order valence-corrected chi connectivity index (χ0v) is 13.9. The van der Waals surface area contributed by atoms with E-state index in [4.69, 9.17) is 16.0 Å². The molecule has 0 radical (unpaired) electrons. The molecule has 2 heterocycles. The van der Waals surface area contributed by atoms with Crippen molar-refractivity contribution in [2.75, 3.05) is 12.4 Å². The molecular weight excluding hydrogens is 326 g/mol. The third kappa shape index (κ3) is 2.17. The molecule has 0 aliphatic heterocycles. The molecule has 1 N–H and O–H groups in total. The van der Waals surface area contributed by atoms with E-state index in [1.807, 2.05) is 31.2 Å². The largest absolute Gasteiger partial charge is 0.450 e. The Bertz CT molecular complexity index is 1140. The fourth-order valence-corrected chi connectivity index (χ4v) is 3.08. The summed E-state index contributed by atoms with van der Waals surface area (Å²) in [6.07, 6.45) is 0. The number of furan rings is 1. The van der Waals surface area contributed by atoms with E-state index in [2.05, 4.69) is 10.3 Å². The van der Waals surface area contributed by atoms with Crippen molar-refractivity contribution in [3.63, 3.8) is 0 Å². The van der Waals surface area contributed by atoms with Gasteiger partial charge in [0, 0.05) is 17.5 Å². The second-order valence-electron chi connectivity index (χ2n) is 5.59. The Morgan fingerprint density at radius 3 is 2.79 bits per heavy atom. The zero-order chi connectivity index (χ0) is 16.8. The van der Waals surface area contributed by atoms with Gasteiger partial charge >= 0.3 is 5.69 Å². The van der Waals surface area contributed by atoms with E-state index >= 15 is 0 Å². The fourth-order valence-electron chi connectivity index (χ4n) is 2.91. The number of halogens is 1. The molecule has 0 spiro atoms. The highest BCUT2D eigenvalue weighted by molar-refractivity contribution is 6.31. The average molecular weight is 340 g/mol. The Morgan fingerprint density at radius 1 is 1.21 bits per heavy atom. The van der Waals surface area contributed by atoms with E-state index in [9.17, 15) is 4.79 Å². The van der Waals surface area contributed by atoms with Gasteiger partial charge in [-0.3, -0.25) is 4.57 Å². The second kappa shape index (κ2) is 5.39. The van der Waals surface area contributed by atoms with Crippen LogP contribution >= 0.6 is 11.6 Å². The fraction of sp³-hybridized carbons (Fsp3) is 0.111. The number of rotatable bonds is 2. The number of aryl methyl sites for hydroxylation is 1. The number of hydrogen-bond donors (Lipinski definition) is 1. The Balaban J connectivity index is 2.24. The summed E-state index contributed by atoms with van der Waals surface area (Å²) in [7, 11) is 1.71. The van der Waals surface area contributed by atoms with Crippen LogP contribution in [-0.4, -0.2) is 16.6 Å². The van der Waals surface area contributed by atoms with E-state index in [0.29, 0.717) is 27.5 Å². The highest BCUT2D eigenvalue weighted by Gasteiger charge is 2.19. The molecule has 0 aliphatic carbocycles. The molecule has 2 aromatic heterocycles. The van der Waals surface area contributed by atoms with E-state index in [-0.39, 0.29) is 5.69 Å². The third-order valence-corrected chi connectivity index (χ3v) is 4.19. The third-order valence-electron chi connectivity index (χ3n) is 3.96. The molecule has 4 aromatic rings. The molecule has 0 saturated carbocycles. The summed E-state index contributed by atoms with van der Waals surface area (Å²) in [6, 6.07) is 13.0. The lowest BCUT2D eigenvalue weighted by Gasteiger charge is -2.09. The summed E-state index contributed by atoms with van der Waals surface area (Å²) in [5, 5.41) is 4.28. The van der Waals surface area contributed by atoms with Gasteiger partial charge in [0.15, 0.2) is 11.4 Å². The first-order valence-corrected chi connectivity index (χ1v) is 7.86. The lowest BCUT2D eigenvalue weighted by Crippen LogP contribution is -2.22. The van der Waals surface area contributed by atoms with E-state index in [1.165, 1.54) is 0 Å². The van der Waals surface area contributed by atoms with Crippen LogP contribution in [0.2, 0.25) is 5.02 Å². The number of nitrogens with one attached hydrogen (secondary N) is 1. The summed E-state index contributed by atoms with van der Waals surface area (Å²) >= 11 is 6.15. The van der Waals surface area contributed by atoms with E-state index in [1.54, 1.807) is 29.8 Å². The molecule has 6 heteroatoms. The lowest BCUT2D eigenvalue weighted by molar-refractivity contribution is 0.665. The van der Waals surface area contributed by atoms with Crippen LogP contribution in [0.15, 0.2) is 51.7 Å². The summed E-state index contributed by atoms with van der Waals surface area (Å²) in [4.78, 5) is 16.8. The SMILES string of the molecule is CNc1nc(=O)n(-c2cccc(C)c2)c2c1oc1ccc(Cl)cc12. The van der Waals surface area contributed by atoms with Crippen LogP contribution in [0.5, 0.6) is 0 Å². The smallest absolute Gasteiger partial charge is 0.354 e. The standard InChI is InChI=1S/C18H14ClN3O2/c1-10-4-3-5-12(8-10)22-15-13-9-11(19)6-7-14(13)24-16(15)17(20-2)21-18(22)23/h3-9H,1-2H3,(H,20,21,23). The molecule has 120 valence electrons. The zero-order valence-electron chi connectivity index (χ0n) is 13.1. The normalized spacial score (nSPS) is 11.3. The number of fused-ring (bicyclic) bond motifs is 3. The summed E-state index contributed by atoms with van der Waals surface area (Å²) in [6.45, 7) is 1.98. The van der Waals surface area contributed by atoms with Crippen molar-refractivity contribution in [3.05, 3.63) is 63.5 Å². The molecule has 5 nitrogen and oxygen atoms in total. The van der Waals surface area contributed by atoms with Crippen LogP contribution in [0.25, 0.3) is 27.8 Å².